The first-order valence-electron chi connectivity index (χ1n) is 6.22. The van der Waals surface area contributed by atoms with E-state index in [1.165, 1.54) is 0 Å². The second-order valence-electron chi connectivity index (χ2n) is 4.52. The van der Waals surface area contributed by atoms with Gasteiger partial charge >= 0.3 is 0 Å². The van der Waals surface area contributed by atoms with Crippen LogP contribution < -0.4 is 5.32 Å². The molecule has 1 atom stereocenters. The van der Waals surface area contributed by atoms with Gasteiger partial charge in [0, 0.05) is 5.39 Å². The van der Waals surface area contributed by atoms with Crippen LogP contribution in [-0.2, 0) is 9.47 Å². The maximum atomic E-state index is 5.83. The number of rotatable bonds is 5. The van der Waals surface area contributed by atoms with Crippen LogP contribution in [0.25, 0.3) is 11.0 Å². The Morgan fingerprint density at radius 1 is 1.39 bits per heavy atom. The number of furan rings is 1. The Balaban J connectivity index is 1.72. The number of para-hydroxylation sites is 1. The van der Waals surface area contributed by atoms with Gasteiger partial charge in [-0.05, 0) is 19.2 Å². The first kappa shape index (κ1) is 11.7. The molecular weight excluding hydrogens is 230 g/mol. The molecule has 1 aliphatic heterocycles. The van der Waals surface area contributed by atoms with Gasteiger partial charge in [0.1, 0.15) is 17.4 Å². The zero-order valence-corrected chi connectivity index (χ0v) is 10.4. The van der Waals surface area contributed by atoms with E-state index in [9.17, 15) is 0 Å². The average molecular weight is 247 g/mol. The summed E-state index contributed by atoms with van der Waals surface area (Å²) in [5, 5.41) is 4.35. The molecule has 0 spiro atoms. The van der Waals surface area contributed by atoms with Gasteiger partial charge < -0.3 is 19.2 Å². The fourth-order valence-electron chi connectivity index (χ4n) is 2.02. The largest absolute Gasteiger partial charge is 0.459 e. The van der Waals surface area contributed by atoms with Gasteiger partial charge in [0.25, 0.3) is 0 Å². The van der Waals surface area contributed by atoms with Gasteiger partial charge in [-0.3, -0.25) is 0 Å². The minimum atomic E-state index is 0.0815. The highest BCUT2D eigenvalue weighted by atomic mass is 16.6. The summed E-state index contributed by atoms with van der Waals surface area (Å²) in [5.41, 5.74) is 0.916. The summed E-state index contributed by atoms with van der Waals surface area (Å²) in [4.78, 5) is 0. The number of benzene rings is 1. The van der Waals surface area contributed by atoms with Gasteiger partial charge in [0.15, 0.2) is 0 Å². The second-order valence-corrected chi connectivity index (χ2v) is 4.52. The quantitative estimate of drug-likeness (QED) is 0.878. The molecule has 2 aromatic rings. The third-order valence-electron chi connectivity index (χ3n) is 3.24. The van der Waals surface area contributed by atoms with Crippen molar-refractivity contribution in [3.8, 4) is 0 Å². The van der Waals surface area contributed by atoms with E-state index in [1.807, 2.05) is 25.2 Å². The summed E-state index contributed by atoms with van der Waals surface area (Å²) in [6.45, 7) is 2.01. The lowest BCUT2D eigenvalue weighted by atomic mass is 10.2. The number of hydrogen-bond donors (Lipinski definition) is 1. The number of likely N-dealkylation sites (N-methyl/N-ethyl adjacent to an activating group) is 1. The SMILES string of the molecule is CNC(COC1COC1)c1cc2ccccc2o1. The highest BCUT2D eigenvalue weighted by molar-refractivity contribution is 5.77. The molecule has 18 heavy (non-hydrogen) atoms. The minimum Gasteiger partial charge on any atom is -0.459 e. The summed E-state index contributed by atoms with van der Waals surface area (Å²) in [7, 11) is 1.92. The summed E-state index contributed by atoms with van der Waals surface area (Å²) in [6, 6.07) is 10.2. The molecule has 1 aromatic heterocycles. The topological polar surface area (TPSA) is 43.6 Å². The van der Waals surface area contributed by atoms with Crippen LogP contribution in [0.15, 0.2) is 34.7 Å². The van der Waals surface area contributed by atoms with E-state index in [1.54, 1.807) is 0 Å². The highest BCUT2D eigenvalue weighted by Gasteiger charge is 2.22. The first-order valence-corrected chi connectivity index (χ1v) is 6.22. The van der Waals surface area contributed by atoms with Crippen LogP contribution in [0.3, 0.4) is 0 Å². The van der Waals surface area contributed by atoms with Crippen molar-refractivity contribution in [1.82, 2.24) is 5.32 Å². The Labute approximate surface area is 106 Å². The third-order valence-corrected chi connectivity index (χ3v) is 3.24. The Bertz CT molecular complexity index is 485. The van der Waals surface area contributed by atoms with Crippen molar-refractivity contribution >= 4 is 11.0 Å². The maximum absolute atomic E-state index is 5.83. The Morgan fingerprint density at radius 3 is 2.89 bits per heavy atom. The summed E-state index contributed by atoms with van der Waals surface area (Å²) in [5.74, 6) is 0.916. The van der Waals surface area contributed by atoms with Crippen LogP contribution >= 0.6 is 0 Å². The van der Waals surface area contributed by atoms with Crippen LogP contribution in [0.4, 0.5) is 0 Å². The van der Waals surface area contributed by atoms with E-state index >= 15 is 0 Å². The molecule has 0 amide bonds. The molecule has 96 valence electrons. The standard InChI is InChI=1S/C14H17NO3/c1-15-12(9-17-11-7-16-8-11)14-6-10-4-2-3-5-13(10)18-14/h2-6,11-12,15H,7-9H2,1H3. The molecule has 0 saturated carbocycles. The lowest BCUT2D eigenvalue weighted by Gasteiger charge is -2.27. The molecule has 1 saturated heterocycles. The predicted molar refractivity (Wildman–Crippen MR) is 68.6 cm³/mol. The highest BCUT2D eigenvalue weighted by Crippen LogP contribution is 2.24. The van der Waals surface area contributed by atoms with Crippen molar-refractivity contribution in [3.63, 3.8) is 0 Å². The molecule has 1 unspecified atom stereocenters. The van der Waals surface area contributed by atoms with Crippen molar-refractivity contribution in [2.45, 2.75) is 12.1 Å². The van der Waals surface area contributed by atoms with Gasteiger partial charge in [0.2, 0.25) is 0 Å². The minimum absolute atomic E-state index is 0.0815. The molecular formula is C14H17NO3. The average Bonchev–Trinajstić information content (AvgIpc) is 2.75. The van der Waals surface area contributed by atoms with Crippen LogP contribution in [0, 0.1) is 0 Å². The van der Waals surface area contributed by atoms with Gasteiger partial charge in [-0.1, -0.05) is 18.2 Å². The van der Waals surface area contributed by atoms with Crippen LogP contribution in [0.5, 0.6) is 0 Å². The molecule has 0 aliphatic carbocycles. The van der Waals surface area contributed by atoms with E-state index < -0.39 is 0 Å². The summed E-state index contributed by atoms with van der Waals surface area (Å²) in [6.07, 6.45) is 0.241. The summed E-state index contributed by atoms with van der Waals surface area (Å²) < 4.78 is 16.7. The van der Waals surface area contributed by atoms with E-state index in [0.717, 1.165) is 16.7 Å². The molecule has 0 radical (unpaired) electrons. The van der Waals surface area contributed by atoms with Crippen molar-refractivity contribution in [2.75, 3.05) is 26.9 Å². The van der Waals surface area contributed by atoms with Gasteiger partial charge in [-0.15, -0.1) is 0 Å². The monoisotopic (exact) mass is 247 g/mol. The molecule has 0 bridgehead atoms. The lowest BCUT2D eigenvalue weighted by molar-refractivity contribution is -0.133. The van der Waals surface area contributed by atoms with Crippen molar-refractivity contribution in [1.29, 1.82) is 0 Å². The molecule has 1 N–H and O–H groups in total. The van der Waals surface area contributed by atoms with Gasteiger partial charge in [-0.2, -0.15) is 0 Å². The number of nitrogens with one attached hydrogen (secondary N) is 1. The zero-order chi connectivity index (χ0) is 12.4. The van der Waals surface area contributed by atoms with Crippen LogP contribution in [0.1, 0.15) is 11.8 Å². The van der Waals surface area contributed by atoms with Crippen molar-refractivity contribution < 1.29 is 13.9 Å². The molecule has 4 heteroatoms. The molecule has 3 rings (SSSR count). The van der Waals surface area contributed by atoms with Crippen LogP contribution in [-0.4, -0.2) is 33.0 Å². The Hall–Kier alpha value is -1.36. The van der Waals surface area contributed by atoms with Crippen LogP contribution in [0.2, 0.25) is 0 Å². The Morgan fingerprint density at radius 2 is 2.22 bits per heavy atom. The van der Waals surface area contributed by atoms with E-state index in [-0.39, 0.29) is 12.1 Å². The summed E-state index contributed by atoms with van der Waals surface area (Å²) >= 11 is 0. The smallest absolute Gasteiger partial charge is 0.134 e. The number of fused-ring (bicyclic) bond motifs is 1. The first-order chi connectivity index (χ1) is 8.86. The molecule has 2 heterocycles. The van der Waals surface area contributed by atoms with Crippen molar-refractivity contribution in [3.05, 3.63) is 36.1 Å². The molecule has 1 fully saturated rings. The van der Waals surface area contributed by atoms with E-state index in [4.69, 9.17) is 13.9 Å². The fourth-order valence-corrected chi connectivity index (χ4v) is 2.02. The zero-order valence-electron chi connectivity index (χ0n) is 10.4. The van der Waals surface area contributed by atoms with E-state index in [0.29, 0.717) is 19.8 Å². The maximum Gasteiger partial charge on any atom is 0.134 e. The third kappa shape index (κ3) is 2.27. The number of ether oxygens (including phenoxy) is 2. The van der Waals surface area contributed by atoms with Gasteiger partial charge in [-0.25, -0.2) is 0 Å². The van der Waals surface area contributed by atoms with Crippen molar-refractivity contribution in [2.24, 2.45) is 0 Å². The molecule has 1 aliphatic rings. The lowest BCUT2D eigenvalue weighted by Crippen LogP contribution is -2.38. The molecule has 4 nitrogen and oxygen atoms in total. The van der Waals surface area contributed by atoms with Gasteiger partial charge in [0.05, 0.1) is 25.9 Å². The number of hydrogen-bond acceptors (Lipinski definition) is 4. The fraction of sp³-hybridized carbons (Fsp3) is 0.429. The predicted octanol–water partition coefficient (Wildman–Crippen LogP) is 2.11. The Kier molecular flexibility index (Phi) is 3.32. The second kappa shape index (κ2) is 5.10. The molecule has 1 aromatic carbocycles. The van der Waals surface area contributed by atoms with E-state index in [2.05, 4.69) is 17.4 Å². The normalized spacial score (nSPS) is 17.8.